The van der Waals surface area contributed by atoms with Crippen molar-refractivity contribution in [3.05, 3.63) is 76.9 Å². The van der Waals surface area contributed by atoms with Crippen LogP contribution in [0.4, 0.5) is 10.3 Å². The van der Waals surface area contributed by atoms with Crippen LogP contribution >= 0.6 is 0 Å². The molecule has 1 aromatic carbocycles. The number of rotatable bonds is 2. The maximum absolute atomic E-state index is 13.9. The first-order chi connectivity index (χ1) is 13.1. The first kappa shape index (κ1) is 16.0. The zero-order valence-corrected chi connectivity index (χ0v) is 14.6. The topological polar surface area (TPSA) is 73.0 Å². The molecule has 0 radical (unpaired) electrons. The molecule has 3 heterocycles. The van der Waals surface area contributed by atoms with E-state index in [1.54, 1.807) is 23.9 Å². The third kappa shape index (κ3) is 2.58. The summed E-state index contributed by atoms with van der Waals surface area (Å²) in [6, 6.07) is 9.54. The molecule has 2 aliphatic rings. The van der Waals surface area contributed by atoms with Crippen LogP contribution in [-0.2, 0) is 4.79 Å². The van der Waals surface area contributed by atoms with Crippen molar-refractivity contribution in [1.82, 2.24) is 14.8 Å². The lowest BCUT2D eigenvalue weighted by molar-refractivity contribution is -0.117. The molecule has 0 unspecified atom stereocenters. The smallest absolute Gasteiger partial charge is 0.226 e. The van der Waals surface area contributed by atoms with Crippen LogP contribution in [0.3, 0.4) is 0 Å². The van der Waals surface area contributed by atoms with Gasteiger partial charge >= 0.3 is 0 Å². The Kier molecular flexibility index (Phi) is 3.50. The minimum absolute atomic E-state index is 0.0122. The third-order valence-corrected chi connectivity index (χ3v) is 5.14. The Balaban J connectivity index is 1.65. The van der Waals surface area contributed by atoms with Gasteiger partial charge in [0.25, 0.3) is 0 Å². The van der Waals surface area contributed by atoms with E-state index in [4.69, 9.17) is 4.42 Å². The van der Waals surface area contributed by atoms with E-state index in [-0.39, 0.29) is 17.5 Å². The average Bonchev–Trinajstić information content (AvgIpc) is 3.28. The lowest BCUT2D eigenvalue weighted by Gasteiger charge is -2.34. The van der Waals surface area contributed by atoms with Gasteiger partial charge < -0.3 is 9.73 Å². The minimum Gasteiger partial charge on any atom is -0.469 e. The maximum atomic E-state index is 13.9. The summed E-state index contributed by atoms with van der Waals surface area (Å²) >= 11 is 0. The fourth-order valence-electron chi connectivity index (χ4n) is 4.03. The highest BCUT2D eigenvalue weighted by molar-refractivity contribution is 6.00. The van der Waals surface area contributed by atoms with Crippen molar-refractivity contribution >= 4 is 11.7 Å². The van der Waals surface area contributed by atoms with Gasteiger partial charge in [-0.05, 0) is 43.2 Å². The summed E-state index contributed by atoms with van der Waals surface area (Å²) in [5.41, 5.74) is 2.11. The zero-order chi connectivity index (χ0) is 18.5. The van der Waals surface area contributed by atoms with E-state index in [2.05, 4.69) is 15.4 Å². The van der Waals surface area contributed by atoms with Gasteiger partial charge in [0.2, 0.25) is 5.95 Å². The Hall–Kier alpha value is -3.22. The summed E-state index contributed by atoms with van der Waals surface area (Å²) in [5, 5.41) is 7.72. The van der Waals surface area contributed by atoms with E-state index in [0.29, 0.717) is 35.8 Å². The molecule has 1 aliphatic heterocycles. The predicted octanol–water partition coefficient (Wildman–Crippen LogP) is 3.73. The number of fused-ring (bicyclic) bond motifs is 1. The van der Waals surface area contributed by atoms with Crippen molar-refractivity contribution in [2.24, 2.45) is 0 Å². The van der Waals surface area contributed by atoms with E-state index in [1.165, 1.54) is 12.1 Å². The maximum Gasteiger partial charge on any atom is 0.226 e. The van der Waals surface area contributed by atoms with Crippen molar-refractivity contribution in [2.45, 2.75) is 31.7 Å². The number of Topliss-reactive ketones (excluding diaryl/α,β-unsaturated/α-hetero) is 1. The molecule has 1 aliphatic carbocycles. The Morgan fingerprint density at radius 3 is 2.93 bits per heavy atom. The SMILES string of the molecule is Cc1nc2n(n1)[C@@H](c1cccc(F)c1)C1=C(C[C@H](c3ccco3)CC1=O)N2. The standard InChI is InChI=1S/C20H17FN4O2/c1-11-22-20-23-15-9-13(17-6-3-7-27-17)10-16(26)18(15)19(25(20)24-11)12-4-2-5-14(21)8-12/h2-8,13,19H,9-10H2,1H3,(H,22,23,24)/t13-,19-/m0/s1. The molecular formula is C20H17FN4O2. The molecular weight excluding hydrogens is 347 g/mol. The van der Waals surface area contributed by atoms with Crippen molar-refractivity contribution in [3.8, 4) is 0 Å². The van der Waals surface area contributed by atoms with Gasteiger partial charge in [0, 0.05) is 23.6 Å². The van der Waals surface area contributed by atoms with Crippen molar-refractivity contribution in [3.63, 3.8) is 0 Å². The lowest BCUT2D eigenvalue weighted by Crippen LogP contribution is -2.33. The number of carbonyl (C=O) groups is 1. The summed E-state index contributed by atoms with van der Waals surface area (Å²) in [6.07, 6.45) is 2.60. The highest BCUT2D eigenvalue weighted by Gasteiger charge is 2.40. The molecule has 0 saturated carbocycles. The minimum atomic E-state index is -0.488. The number of halogens is 1. The summed E-state index contributed by atoms with van der Waals surface area (Å²) in [7, 11) is 0. The molecule has 6 nitrogen and oxygen atoms in total. The van der Waals surface area contributed by atoms with Crippen LogP contribution in [0, 0.1) is 12.7 Å². The number of aryl methyl sites for hydroxylation is 1. The van der Waals surface area contributed by atoms with Crippen LogP contribution in [0.2, 0.25) is 0 Å². The second-order valence-corrected chi connectivity index (χ2v) is 6.95. The number of hydrogen-bond donors (Lipinski definition) is 1. The molecule has 2 aromatic heterocycles. The summed E-state index contributed by atoms with van der Waals surface area (Å²) in [6.45, 7) is 1.79. The lowest BCUT2D eigenvalue weighted by atomic mass is 9.79. The van der Waals surface area contributed by atoms with Crippen LogP contribution in [0.25, 0.3) is 0 Å². The van der Waals surface area contributed by atoms with Gasteiger partial charge in [-0.3, -0.25) is 4.79 Å². The number of nitrogens with one attached hydrogen (secondary N) is 1. The number of nitrogens with zero attached hydrogens (tertiary/aromatic N) is 3. The van der Waals surface area contributed by atoms with Crippen LogP contribution < -0.4 is 5.32 Å². The summed E-state index contributed by atoms with van der Waals surface area (Å²) in [5.74, 6) is 1.59. The van der Waals surface area contributed by atoms with Crippen molar-refractivity contribution in [1.29, 1.82) is 0 Å². The van der Waals surface area contributed by atoms with Crippen LogP contribution in [0.15, 0.2) is 58.3 Å². The molecule has 7 heteroatoms. The van der Waals surface area contributed by atoms with E-state index < -0.39 is 6.04 Å². The molecule has 2 atom stereocenters. The van der Waals surface area contributed by atoms with Gasteiger partial charge in [-0.25, -0.2) is 9.07 Å². The largest absolute Gasteiger partial charge is 0.469 e. The molecule has 0 bridgehead atoms. The highest BCUT2D eigenvalue weighted by atomic mass is 19.1. The number of benzene rings is 1. The van der Waals surface area contributed by atoms with E-state index >= 15 is 0 Å². The molecule has 0 fully saturated rings. The van der Waals surface area contributed by atoms with Gasteiger partial charge in [-0.1, -0.05) is 12.1 Å². The van der Waals surface area contributed by atoms with Crippen molar-refractivity contribution < 1.29 is 13.6 Å². The average molecular weight is 364 g/mol. The monoisotopic (exact) mass is 364 g/mol. The summed E-state index contributed by atoms with van der Waals surface area (Å²) < 4.78 is 21.1. The second-order valence-electron chi connectivity index (χ2n) is 6.95. The molecule has 0 saturated heterocycles. The first-order valence-corrected chi connectivity index (χ1v) is 8.85. The Morgan fingerprint density at radius 2 is 2.15 bits per heavy atom. The van der Waals surface area contributed by atoms with Gasteiger partial charge in [-0.15, -0.1) is 0 Å². The van der Waals surface area contributed by atoms with Gasteiger partial charge in [0.1, 0.15) is 23.4 Å². The Bertz CT molecular complexity index is 1070. The number of furan rings is 1. The number of anilines is 1. The molecule has 3 aromatic rings. The van der Waals surface area contributed by atoms with E-state index in [1.807, 2.05) is 18.2 Å². The quantitative estimate of drug-likeness (QED) is 0.750. The Labute approximate surface area is 154 Å². The van der Waals surface area contributed by atoms with Gasteiger partial charge in [0.05, 0.1) is 6.26 Å². The highest BCUT2D eigenvalue weighted by Crippen LogP contribution is 2.44. The third-order valence-electron chi connectivity index (χ3n) is 5.14. The van der Waals surface area contributed by atoms with Crippen molar-refractivity contribution in [2.75, 3.05) is 5.32 Å². The van der Waals surface area contributed by atoms with Crippen LogP contribution in [-0.4, -0.2) is 20.5 Å². The Morgan fingerprint density at radius 1 is 1.26 bits per heavy atom. The fraction of sp³-hybridized carbons (Fsp3) is 0.250. The normalized spacial score (nSPS) is 21.6. The molecule has 5 rings (SSSR count). The first-order valence-electron chi connectivity index (χ1n) is 8.85. The van der Waals surface area contributed by atoms with Crippen LogP contribution in [0.5, 0.6) is 0 Å². The van der Waals surface area contributed by atoms with Gasteiger partial charge in [-0.2, -0.15) is 10.1 Å². The number of allylic oxidation sites excluding steroid dienone is 2. The summed E-state index contributed by atoms with van der Waals surface area (Å²) in [4.78, 5) is 17.6. The number of hydrogen-bond acceptors (Lipinski definition) is 5. The number of carbonyl (C=O) groups excluding carboxylic acids is 1. The second kappa shape index (κ2) is 5.90. The molecule has 0 spiro atoms. The number of ketones is 1. The number of aromatic nitrogens is 3. The molecule has 0 amide bonds. The van der Waals surface area contributed by atoms with E-state index in [9.17, 15) is 9.18 Å². The van der Waals surface area contributed by atoms with E-state index in [0.717, 1.165) is 11.5 Å². The molecule has 1 N–H and O–H groups in total. The zero-order valence-electron chi connectivity index (χ0n) is 14.6. The fourth-order valence-corrected chi connectivity index (χ4v) is 4.03. The molecule has 27 heavy (non-hydrogen) atoms. The molecule has 136 valence electrons. The van der Waals surface area contributed by atoms with Gasteiger partial charge in [0.15, 0.2) is 5.78 Å². The predicted molar refractivity (Wildman–Crippen MR) is 95.6 cm³/mol. The van der Waals surface area contributed by atoms with Crippen LogP contribution in [0.1, 0.15) is 41.9 Å².